The molecule has 0 bridgehead atoms. The van der Waals surface area contributed by atoms with Crippen molar-refractivity contribution >= 4 is 29.0 Å². The molecule has 1 aromatic rings. The molecule has 2 nitrogen and oxygen atoms in total. The van der Waals surface area contributed by atoms with Gasteiger partial charge in [-0.1, -0.05) is 23.2 Å². The molecule has 1 atom stereocenters. The number of rotatable bonds is 2. The largest absolute Gasteiger partial charge is 0.451 e. The zero-order valence-electron chi connectivity index (χ0n) is 8.05. The van der Waals surface area contributed by atoms with Crippen molar-refractivity contribution in [1.29, 1.82) is 5.26 Å². The van der Waals surface area contributed by atoms with Crippen molar-refractivity contribution < 1.29 is 18.0 Å². The summed E-state index contributed by atoms with van der Waals surface area (Å²) in [6, 6.07) is 4.79. The second kappa shape index (κ2) is 4.94. The van der Waals surface area contributed by atoms with Gasteiger partial charge in [0.1, 0.15) is 5.92 Å². The minimum atomic E-state index is -5.07. The maximum Gasteiger partial charge on any atom is 0.451 e. The lowest BCUT2D eigenvalue weighted by Gasteiger charge is -2.11. The maximum atomic E-state index is 12.2. The van der Waals surface area contributed by atoms with E-state index >= 15 is 0 Å². The summed E-state index contributed by atoms with van der Waals surface area (Å²) in [6.45, 7) is 0. The predicted molar refractivity (Wildman–Crippen MR) is 55.9 cm³/mol. The monoisotopic (exact) mass is 281 g/mol. The first-order chi connectivity index (χ1) is 7.75. The molecule has 17 heavy (non-hydrogen) atoms. The predicted octanol–water partition coefficient (Wildman–Crippen LogP) is 3.73. The Morgan fingerprint density at radius 1 is 1.24 bits per heavy atom. The topological polar surface area (TPSA) is 40.9 Å². The van der Waals surface area contributed by atoms with Gasteiger partial charge in [0.05, 0.1) is 6.07 Å². The second-order valence-electron chi connectivity index (χ2n) is 3.13. The number of carbonyl (C=O) groups is 1. The molecule has 90 valence electrons. The third-order valence-corrected chi connectivity index (χ3v) is 2.33. The van der Waals surface area contributed by atoms with E-state index in [2.05, 4.69) is 0 Å². The third-order valence-electron chi connectivity index (χ3n) is 1.89. The molecule has 0 fully saturated rings. The van der Waals surface area contributed by atoms with Crippen LogP contribution < -0.4 is 0 Å². The van der Waals surface area contributed by atoms with E-state index in [0.717, 1.165) is 12.1 Å². The highest BCUT2D eigenvalue weighted by molar-refractivity contribution is 6.34. The van der Waals surface area contributed by atoms with Crippen molar-refractivity contribution in [3.63, 3.8) is 0 Å². The van der Waals surface area contributed by atoms with Gasteiger partial charge in [-0.05, 0) is 23.8 Å². The number of nitrogens with zero attached hydrogens (tertiary/aromatic N) is 1. The zero-order valence-corrected chi connectivity index (χ0v) is 9.57. The molecule has 0 spiro atoms. The van der Waals surface area contributed by atoms with Crippen LogP contribution in [0.2, 0.25) is 10.0 Å². The number of alkyl halides is 3. The van der Waals surface area contributed by atoms with Crippen LogP contribution in [0.3, 0.4) is 0 Å². The van der Waals surface area contributed by atoms with Crippen LogP contribution >= 0.6 is 23.2 Å². The van der Waals surface area contributed by atoms with Gasteiger partial charge in [-0.25, -0.2) is 0 Å². The van der Waals surface area contributed by atoms with Crippen molar-refractivity contribution in [2.75, 3.05) is 0 Å². The zero-order chi connectivity index (χ0) is 13.2. The maximum absolute atomic E-state index is 12.2. The van der Waals surface area contributed by atoms with Gasteiger partial charge in [0.15, 0.2) is 0 Å². The van der Waals surface area contributed by atoms with Gasteiger partial charge in [0.2, 0.25) is 0 Å². The van der Waals surface area contributed by atoms with Gasteiger partial charge >= 0.3 is 6.18 Å². The van der Waals surface area contributed by atoms with Crippen LogP contribution in [0.4, 0.5) is 13.2 Å². The van der Waals surface area contributed by atoms with Crippen LogP contribution in [-0.2, 0) is 4.79 Å². The number of nitriles is 1. The third kappa shape index (κ3) is 3.35. The van der Waals surface area contributed by atoms with Gasteiger partial charge in [-0.2, -0.15) is 18.4 Å². The molecule has 1 rings (SSSR count). The Hall–Kier alpha value is -1.25. The SMILES string of the molecule is N#CC(C(=O)C(F)(F)F)c1cc(Cl)cc(Cl)c1. The average Bonchev–Trinajstić information content (AvgIpc) is 2.15. The Kier molecular flexibility index (Phi) is 4.02. The van der Waals surface area contributed by atoms with Crippen molar-refractivity contribution in [3.05, 3.63) is 33.8 Å². The van der Waals surface area contributed by atoms with E-state index in [-0.39, 0.29) is 15.6 Å². The Morgan fingerprint density at radius 2 is 1.71 bits per heavy atom. The summed E-state index contributed by atoms with van der Waals surface area (Å²) in [5, 5.41) is 8.75. The number of halogens is 5. The number of carbonyl (C=O) groups excluding carboxylic acids is 1. The lowest BCUT2D eigenvalue weighted by molar-refractivity contribution is -0.171. The summed E-state index contributed by atoms with van der Waals surface area (Å²) in [5.74, 6) is -4.09. The van der Waals surface area contributed by atoms with Crippen LogP contribution in [0, 0.1) is 11.3 Å². The fraction of sp³-hybridized carbons (Fsp3) is 0.200. The number of hydrogen-bond donors (Lipinski definition) is 0. The van der Waals surface area contributed by atoms with Crippen LogP contribution in [0.5, 0.6) is 0 Å². The smallest absolute Gasteiger partial charge is 0.288 e. The van der Waals surface area contributed by atoms with Gasteiger partial charge < -0.3 is 0 Å². The van der Waals surface area contributed by atoms with Gasteiger partial charge in [-0.3, -0.25) is 4.79 Å². The standard InChI is InChI=1S/C10H4Cl2F3NO/c11-6-1-5(2-7(12)3-6)8(4-16)9(17)10(13,14)15/h1-3,8H. The highest BCUT2D eigenvalue weighted by atomic mass is 35.5. The molecule has 0 amide bonds. The fourth-order valence-electron chi connectivity index (χ4n) is 1.19. The summed E-state index contributed by atoms with van der Waals surface area (Å²) in [6.07, 6.45) is -5.07. The van der Waals surface area contributed by atoms with Crippen LogP contribution in [-0.4, -0.2) is 12.0 Å². The van der Waals surface area contributed by atoms with E-state index in [4.69, 9.17) is 28.5 Å². The highest BCUT2D eigenvalue weighted by Gasteiger charge is 2.44. The average molecular weight is 282 g/mol. The van der Waals surface area contributed by atoms with Crippen LogP contribution in [0.15, 0.2) is 18.2 Å². The van der Waals surface area contributed by atoms with Gasteiger partial charge in [0.25, 0.3) is 5.78 Å². The molecule has 0 aromatic heterocycles. The molecule has 0 saturated heterocycles. The first-order valence-electron chi connectivity index (χ1n) is 4.22. The van der Waals surface area contributed by atoms with Gasteiger partial charge in [0, 0.05) is 10.0 Å². The second-order valence-corrected chi connectivity index (χ2v) is 4.00. The summed E-state index contributed by atoms with van der Waals surface area (Å²) in [5.41, 5.74) is -0.174. The number of hydrogen-bond acceptors (Lipinski definition) is 2. The Balaban J connectivity index is 3.20. The quantitative estimate of drug-likeness (QED) is 0.829. The highest BCUT2D eigenvalue weighted by Crippen LogP contribution is 2.30. The first-order valence-corrected chi connectivity index (χ1v) is 4.98. The minimum absolute atomic E-state index is 0.0581. The molecular weight excluding hydrogens is 278 g/mol. The lowest BCUT2D eigenvalue weighted by Crippen LogP contribution is -2.28. The van der Waals surface area contributed by atoms with Crippen molar-refractivity contribution in [2.45, 2.75) is 12.1 Å². The van der Waals surface area contributed by atoms with E-state index in [0.29, 0.717) is 0 Å². The molecule has 0 radical (unpaired) electrons. The van der Waals surface area contributed by atoms with Crippen LogP contribution in [0.25, 0.3) is 0 Å². The van der Waals surface area contributed by atoms with E-state index in [9.17, 15) is 18.0 Å². The summed E-state index contributed by atoms with van der Waals surface area (Å²) in [7, 11) is 0. The van der Waals surface area contributed by atoms with Crippen molar-refractivity contribution in [1.82, 2.24) is 0 Å². The van der Waals surface area contributed by atoms with Crippen molar-refractivity contribution in [3.8, 4) is 6.07 Å². The Morgan fingerprint density at radius 3 is 2.06 bits per heavy atom. The van der Waals surface area contributed by atoms with Crippen molar-refractivity contribution in [2.24, 2.45) is 0 Å². The Bertz CT molecular complexity index is 473. The minimum Gasteiger partial charge on any atom is -0.288 e. The molecule has 0 N–H and O–H groups in total. The summed E-state index contributed by atoms with van der Waals surface area (Å²) in [4.78, 5) is 11.0. The molecule has 0 heterocycles. The normalized spacial score (nSPS) is 12.9. The number of Topliss-reactive ketones (excluding diaryl/α,β-unsaturated/α-hetero) is 1. The lowest BCUT2D eigenvalue weighted by atomic mass is 9.96. The molecule has 1 aromatic carbocycles. The Labute approximate surface area is 105 Å². The molecule has 1 unspecified atom stereocenters. The van der Waals surface area contributed by atoms with E-state index < -0.39 is 17.9 Å². The molecule has 0 saturated carbocycles. The molecule has 0 aliphatic rings. The van der Waals surface area contributed by atoms with Crippen LogP contribution in [0.1, 0.15) is 11.5 Å². The summed E-state index contributed by atoms with van der Waals surface area (Å²) < 4.78 is 36.6. The fourth-order valence-corrected chi connectivity index (χ4v) is 1.73. The summed E-state index contributed by atoms with van der Waals surface area (Å²) >= 11 is 11.2. The molecule has 0 aliphatic carbocycles. The number of ketones is 1. The van der Waals surface area contributed by atoms with Gasteiger partial charge in [-0.15, -0.1) is 0 Å². The molecular formula is C10H4Cl2F3NO. The molecule has 0 aliphatic heterocycles. The van der Waals surface area contributed by atoms with E-state index in [1.807, 2.05) is 0 Å². The molecule has 7 heteroatoms. The first kappa shape index (κ1) is 13.8. The van der Waals surface area contributed by atoms with E-state index in [1.165, 1.54) is 12.1 Å². The van der Waals surface area contributed by atoms with E-state index in [1.54, 1.807) is 0 Å². The number of benzene rings is 1.